The second-order valence-corrected chi connectivity index (χ2v) is 9.17. The van der Waals surface area contributed by atoms with Gasteiger partial charge in [0.2, 0.25) is 0 Å². The van der Waals surface area contributed by atoms with Crippen LogP contribution >= 0.6 is 0 Å². The van der Waals surface area contributed by atoms with Crippen molar-refractivity contribution in [3.8, 4) is 0 Å². The van der Waals surface area contributed by atoms with E-state index in [1.807, 2.05) is 0 Å². The first kappa shape index (κ1) is 17.6. The van der Waals surface area contributed by atoms with Gasteiger partial charge in [-0.1, -0.05) is 30.7 Å². The predicted octanol–water partition coefficient (Wildman–Crippen LogP) is 6.11. The molecule has 5 atom stereocenters. The largest absolute Gasteiger partial charge is 0.378 e. The highest BCUT2D eigenvalue weighted by Crippen LogP contribution is 2.47. The Morgan fingerprint density at radius 3 is 2.48 bits per heavy atom. The Kier molecular flexibility index (Phi) is 5.50. The number of rotatable bonds is 4. The number of aryl methyl sites for hydroxylation is 2. The van der Waals surface area contributed by atoms with Gasteiger partial charge in [0.15, 0.2) is 0 Å². The molecule has 3 unspecified atom stereocenters. The van der Waals surface area contributed by atoms with Gasteiger partial charge in [0.05, 0.1) is 6.10 Å². The molecule has 1 aromatic rings. The van der Waals surface area contributed by atoms with Gasteiger partial charge in [0.25, 0.3) is 0 Å². The minimum absolute atomic E-state index is 0.572. The topological polar surface area (TPSA) is 9.23 Å². The van der Waals surface area contributed by atoms with Crippen LogP contribution in [0.25, 0.3) is 0 Å². The Bertz CT molecular complexity index is 577. The summed E-state index contributed by atoms with van der Waals surface area (Å²) < 4.78 is 6.07. The van der Waals surface area contributed by atoms with Crippen LogP contribution in [0.15, 0.2) is 18.2 Å². The van der Waals surface area contributed by atoms with Gasteiger partial charge in [-0.3, -0.25) is 0 Å². The molecular formula is C24H36O. The van der Waals surface area contributed by atoms with E-state index < -0.39 is 0 Å². The molecule has 0 bridgehead atoms. The lowest BCUT2D eigenvalue weighted by atomic mass is 9.62. The normalized spacial score (nSPS) is 35.0. The van der Waals surface area contributed by atoms with E-state index in [4.69, 9.17) is 4.74 Å². The average molecular weight is 341 g/mol. The fourth-order valence-corrected chi connectivity index (χ4v) is 6.06. The van der Waals surface area contributed by atoms with Crippen LogP contribution in [-0.2, 0) is 17.6 Å². The van der Waals surface area contributed by atoms with Crippen molar-refractivity contribution in [1.29, 1.82) is 0 Å². The summed E-state index contributed by atoms with van der Waals surface area (Å²) in [5, 5.41) is 0. The highest BCUT2D eigenvalue weighted by molar-refractivity contribution is 5.33. The highest BCUT2D eigenvalue weighted by atomic mass is 16.5. The zero-order valence-corrected chi connectivity index (χ0v) is 16.3. The Labute approximate surface area is 154 Å². The molecule has 1 heteroatoms. The second-order valence-electron chi connectivity index (χ2n) is 9.17. The lowest BCUT2D eigenvalue weighted by Crippen LogP contribution is -2.37. The van der Waals surface area contributed by atoms with Crippen molar-refractivity contribution in [2.75, 3.05) is 6.61 Å². The van der Waals surface area contributed by atoms with Gasteiger partial charge in [-0.25, -0.2) is 0 Å². The third-order valence-electron chi connectivity index (χ3n) is 7.46. The first-order valence-electron chi connectivity index (χ1n) is 10.9. The summed E-state index contributed by atoms with van der Waals surface area (Å²) in [6, 6.07) is 7.16. The fourth-order valence-electron chi connectivity index (χ4n) is 6.06. The van der Waals surface area contributed by atoms with Crippen LogP contribution in [0, 0.1) is 30.6 Å². The number of ether oxygens (including phenoxy) is 1. The molecule has 0 heterocycles. The van der Waals surface area contributed by atoms with Gasteiger partial charge < -0.3 is 4.74 Å². The van der Waals surface area contributed by atoms with Crippen LogP contribution in [0.3, 0.4) is 0 Å². The van der Waals surface area contributed by atoms with Crippen LogP contribution in [0.4, 0.5) is 0 Å². The van der Waals surface area contributed by atoms with Crippen molar-refractivity contribution < 1.29 is 4.74 Å². The van der Waals surface area contributed by atoms with Crippen LogP contribution in [0.1, 0.15) is 75.0 Å². The van der Waals surface area contributed by atoms with Crippen molar-refractivity contribution in [1.82, 2.24) is 0 Å². The summed E-state index contributed by atoms with van der Waals surface area (Å²) in [7, 11) is 0. The van der Waals surface area contributed by atoms with Crippen LogP contribution in [-0.4, -0.2) is 12.7 Å². The highest BCUT2D eigenvalue weighted by Gasteiger charge is 2.38. The monoisotopic (exact) mass is 340 g/mol. The molecule has 1 nitrogen and oxygen atoms in total. The van der Waals surface area contributed by atoms with Gasteiger partial charge in [0, 0.05) is 6.61 Å². The van der Waals surface area contributed by atoms with Gasteiger partial charge in [-0.15, -0.1) is 0 Å². The molecule has 0 aromatic heterocycles. The van der Waals surface area contributed by atoms with Gasteiger partial charge >= 0.3 is 0 Å². The van der Waals surface area contributed by atoms with Gasteiger partial charge in [0.1, 0.15) is 0 Å². The zero-order valence-electron chi connectivity index (χ0n) is 16.3. The molecule has 3 aliphatic carbocycles. The summed E-state index contributed by atoms with van der Waals surface area (Å²) >= 11 is 0. The van der Waals surface area contributed by atoms with Gasteiger partial charge in [-0.2, -0.15) is 0 Å². The molecule has 0 amide bonds. The minimum Gasteiger partial charge on any atom is -0.378 e. The summed E-state index contributed by atoms with van der Waals surface area (Å²) in [6.07, 6.45) is 14.4. The fraction of sp³-hybridized carbons (Fsp3) is 0.750. The van der Waals surface area contributed by atoms with E-state index in [1.54, 1.807) is 11.1 Å². The lowest BCUT2D eigenvalue weighted by Gasteiger charge is -2.45. The van der Waals surface area contributed by atoms with Crippen molar-refractivity contribution in [3.05, 3.63) is 34.9 Å². The van der Waals surface area contributed by atoms with Crippen LogP contribution < -0.4 is 0 Å². The van der Waals surface area contributed by atoms with Crippen molar-refractivity contribution >= 4 is 0 Å². The number of hydrogen-bond acceptors (Lipinski definition) is 1. The van der Waals surface area contributed by atoms with E-state index in [1.165, 1.54) is 63.4 Å². The molecule has 0 radical (unpaired) electrons. The molecule has 138 valence electrons. The van der Waals surface area contributed by atoms with Crippen molar-refractivity contribution in [2.24, 2.45) is 23.7 Å². The molecule has 25 heavy (non-hydrogen) atoms. The predicted molar refractivity (Wildman–Crippen MR) is 105 cm³/mol. The van der Waals surface area contributed by atoms with Crippen molar-refractivity contribution in [3.63, 3.8) is 0 Å². The Morgan fingerprint density at radius 1 is 0.880 bits per heavy atom. The van der Waals surface area contributed by atoms with E-state index in [9.17, 15) is 0 Å². The summed E-state index contributed by atoms with van der Waals surface area (Å²) in [5.74, 6) is 3.90. The molecule has 3 aliphatic rings. The molecule has 0 saturated heterocycles. The molecule has 4 rings (SSSR count). The zero-order chi connectivity index (χ0) is 17.2. The molecule has 2 fully saturated rings. The first-order chi connectivity index (χ1) is 12.2. The summed E-state index contributed by atoms with van der Waals surface area (Å²) in [6.45, 7) is 5.42. The Balaban J connectivity index is 1.33. The third-order valence-corrected chi connectivity index (χ3v) is 7.46. The summed E-state index contributed by atoms with van der Waals surface area (Å²) in [5.41, 5.74) is 4.72. The molecule has 2 saturated carbocycles. The Morgan fingerprint density at radius 2 is 1.64 bits per heavy atom. The van der Waals surface area contributed by atoms with E-state index in [-0.39, 0.29) is 0 Å². The SMILES string of the molecule is CCCO[C@@H]1CC[C@@H]2CC(C3CCc4cc(C)ccc4C3)CCC2C1. The van der Waals surface area contributed by atoms with Crippen LogP contribution in [0.2, 0.25) is 0 Å². The number of benzene rings is 1. The maximum Gasteiger partial charge on any atom is 0.0578 e. The van der Waals surface area contributed by atoms with E-state index >= 15 is 0 Å². The maximum absolute atomic E-state index is 6.07. The van der Waals surface area contributed by atoms with Crippen LogP contribution in [0.5, 0.6) is 0 Å². The van der Waals surface area contributed by atoms with E-state index in [2.05, 4.69) is 32.0 Å². The van der Waals surface area contributed by atoms with Gasteiger partial charge in [-0.05, 0) is 106 Å². The molecule has 0 N–H and O–H groups in total. The Hall–Kier alpha value is -0.820. The standard InChI is InChI=1S/C24H36O/c1-3-12-25-24-11-10-22-15-21(8-9-23(22)16-24)20-7-6-18-13-17(2)4-5-19(18)14-20/h4-5,13,20-24H,3,6-12,14-16H2,1-2H3/t20?,21?,22-,23?,24-/m1/s1. The second kappa shape index (κ2) is 7.82. The third kappa shape index (κ3) is 3.97. The average Bonchev–Trinajstić information content (AvgIpc) is 2.65. The minimum atomic E-state index is 0.572. The molecular weight excluding hydrogens is 304 g/mol. The number of hydrogen-bond donors (Lipinski definition) is 0. The molecule has 0 spiro atoms. The summed E-state index contributed by atoms with van der Waals surface area (Å²) in [4.78, 5) is 0. The first-order valence-corrected chi connectivity index (χ1v) is 10.9. The lowest BCUT2D eigenvalue weighted by molar-refractivity contribution is -0.0236. The smallest absolute Gasteiger partial charge is 0.0578 e. The molecule has 0 aliphatic heterocycles. The molecule has 1 aromatic carbocycles. The number of fused-ring (bicyclic) bond motifs is 2. The quantitative estimate of drug-likeness (QED) is 0.642. The van der Waals surface area contributed by atoms with Crippen molar-refractivity contribution in [2.45, 2.75) is 84.2 Å². The maximum atomic E-state index is 6.07. The van der Waals surface area contributed by atoms with E-state index in [0.717, 1.165) is 36.7 Å². The van der Waals surface area contributed by atoms with E-state index in [0.29, 0.717) is 6.10 Å².